The van der Waals surface area contributed by atoms with Gasteiger partial charge in [0.2, 0.25) is 0 Å². The van der Waals surface area contributed by atoms with Gasteiger partial charge in [-0.2, -0.15) is 0 Å². The molecule has 0 radical (unpaired) electrons. The fourth-order valence-corrected chi connectivity index (χ4v) is 3.18. The van der Waals surface area contributed by atoms with Gasteiger partial charge in [0.1, 0.15) is 11.3 Å². The molecule has 2 aromatic rings. The van der Waals surface area contributed by atoms with Crippen molar-refractivity contribution in [1.29, 1.82) is 0 Å². The first-order chi connectivity index (χ1) is 13.8. The third-order valence-corrected chi connectivity index (χ3v) is 4.73. The minimum Gasteiger partial charge on any atom is -0.492 e. The molecule has 0 atom stereocenters. The average Bonchev–Trinajstić information content (AvgIpc) is 2.67. The number of carbonyl (C=O) groups is 3. The molecule has 0 unspecified atom stereocenters. The Hall–Kier alpha value is -3.12. The molecular formula is C22H21ClN2O4. The number of nitrogens with one attached hydrogen (secondary N) is 1. The number of ether oxygens (including phenoxy) is 1. The third kappa shape index (κ3) is 4.32. The summed E-state index contributed by atoms with van der Waals surface area (Å²) in [4.78, 5) is 38.7. The minimum atomic E-state index is -0.771. The van der Waals surface area contributed by atoms with Crippen LogP contribution in [0.4, 0.5) is 10.5 Å². The van der Waals surface area contributed by atoms with E-state index < -0.39 is 17.8 Å². The highest BCUT2D eigenvalue weighted by atomic mass is 35.5. The van der Waals surface area contributed by atoms with Crippen LogP contribution in [-0.4, -0.2) is 24.5 Å². The van der Waals surface area contributed by atoms with E-state index in [1.807, 2.05) is 26.0 Å². The summed E-state index contributed by atoms with van der Waals surface area (Å²) in [5.74, 6) is -0.902. The number of barbiturate groups is 1. The number of carbonyl (C=O) groups excluding carboxylic acids is 3. The van der Waals surface area contributed by atoms with Crippen molar-refractivity contribution >= 4 is 41.2 Å². The van der Waals surface area contributed by atoms with Crippen molar-refractivity contribution in [1.82, 2.24) is 5.32 Å². The number of anilines is 1. The number of urea groups is 1. The molecule has 0 saturated carbocycles. The Kier molecular flexibility index (Phi) is 6.03. The van der Waals surface area contributed by atoms with Crippen LogP contribution in [0.2, 0.25) is 5.02 Å². The van der Waals surface area contributed by atoms with Crippen molar-refractivity contribution in [2.45, 2.75) is 27.2 Å². The third-order valence-electron chi connectivity index (χ3n) is 4.44. The largest absolute Gasteiger partial charge is 0.492 e. The molecule has 3 rings (SSSR count). The molecule has 1 saturated heterocycles. The summed E-state index contributed by atoms with van der Waals surface area (Å²) < 4.78 is 5.53. The van der Waals surface area contributed by atoms with Crippen LogP contribution in [0.5, 0.6) is 5.75 Å². The summed E-state index contributed by atoms with van der Waals surface area (Å²) in [6.07, 6.45) is 2.26. The number of nitrogens with zero attached hydrogens (tertiary/aromatic N) is 1. The first kappa shape index (κ1) is 20.6. The first-order valence-corrected chi connectivity index (χ1v) is 9.60. The Morgan fingerprint density at radius 3 is 2.55 bits per heavy atom. The molecule has 150 valence electrons. The molecule has 1 aliphatic rings. The normalized spacial score (nSPS) is 15.7. The highest BCUT2D eigenvalue weighted by Crippen LogP contribution is 2.29. The van der Waals surface area contributed by atoms with Crippen molar-refractivity contribution < 1.29 is 19.1 Å². The van der Waals surface area contributed by atoms with Crippen molar-refractivity contribution in [2.24, 2.45) is 0 Å². The van der Waals surface area contributed by atoms with Crippen LogP contribution in [0.3, 0.4) is 0 Å². The second-order valence-corrected chi connectivity index (χ2v) is 7.19. The second-order valence-electron chi connectivity index (χ2n) is 6.79. The molecule has 2 aromatic carbocycles. The molecule has 0 bridgehead atoms. The first-order valence-electron chi connectivity index (χ1n) is 9.23. The lowest BCUT2D eigenvalue weighted by atomic mass is 10.0. The topological polar surface area (TPSA) is 75.7 Å². The second kappa shape index (κ2) is 8.49. The Balaban J connectivity index is 1.97. The molecule has 1 N–H and O–H groups in total. The number of imide groups is 2. The van der Waals surface area contributed by atoms with Gasteiger partial charge in [0.05, 0.1) is 17.3 Å². The van der Waals surface area contributed by atoms with Gasteiger partial charge in [-0.3, -0.25) is 14.9 Å². The lowest BCUT2D eigenvalue weighted by molar-refractivity contribution is -0.122. The van der Waals surface area contributed by atoms with Gasteiger partial charge < -0.3 is 4.74 Å². The zero-order valence-corrected chi connectivity index (χ0v) is 17.2. The minimum absolute atomic E-state index is 0.149. The van der Waals surface area contributed by atoms with Crippen molar-refractivity contribution in [3.05, 3.63) is 63.7 Å². The molecule has 1 fully saturated rings. The van der Waals surface area contributed by atoms with Crippen LogP contribution in [0.15, 0.2) is 42.0 Å². The van der Waals surface area contributed by atoms with Crippen molar-refractivity contribution in [2.75, 3.05) is 11.5 Å². The molecule has 6 nitrogen and oxygen atoms in total. The number of benzene rings is 2. The fraction of sp³-hybridized carbons (Fsp3) is 0.227. The zero-order valence-electron chi connectivity index (χ0n) is 16.4. The monoisotopic (exact) mass is 412 g/mol. The lowest BCUT2D eigenvalue weighted by Crippen LogP contribution is -2.54. The van der Waals surface area contributed by atoms with E-state index in [1.54, 1.807) is 31.2 Å². The van der Waals surface area contributed by atoms with Crippen LogP contribution >= 0.6 is 11.6 Å². The number of hydrogen-bond acceptors (Lipinski definition) is 4. The van der Waals surface area contributed by atoms with E-state index in [9.17, 15) is 14.4 Å². The van der Waals surface area contributed by atoms with Crippen LogP contribution in [0, 0.1) is 13.8 Å². The van der Waals surface area contributed by atoms with Gasteiger partial charge in [-0.15, -0.1) is 0 Å². The summed E-state index contributed by atoms with van der Waals surface area (Å²) >= 11 is 6.24. The number of halogens is 1. The molecule has 4 amide bonds. The molecule has 1 aliphatic heterocycles. The number of rotatable bonds is 5. The van der Waals surface area contributed by atoms with Crippen molar-refractivity contribution in [3.63, 3.8) is 0 Å². The molecule has 1 heterocycles. The van der Waals surface area contributed by atoms with Gasteiger partial charge in [-0.25, -0.2) is 9.69 Å². The highest BCUT2D eigenvalue weighted by Gasteiger charge is 2.37. The maximum absolute atomic E-state index is 13.0. The Morgan fingerprint density at radius 1 is 1.10 bits per heavy atom. The molecule has 0 aromatic heterocycles. The van der Waals surface area contributed by atoms with E-state index >= 15 is 0 Å². The van der Waals surface area contributed by atoms with Gasteiger partial charge in [-0.05, 0) is 61.2 Å². The van der Waals surface area contributed by atoms with Gasteiger partial charge in [-0.1, -0.05) is 36.7 Å². The average molecular weight is 413 g/mol. The number of aryl methyl sites for hydroxylation is 2. The number of hydrogen-bond donors (Lipinski definition) is 1. The molecule has 7 heteroatoms. The van der Waals surface area contributed by atoms with Gasteiger partial charge >= 0.3 is 6.03 Å². The molecular weight excluding hydrogens is 392 g/mol. The Morgan fingerprint density at radius 2 is 1.86 bits per heavy atom. The van der Waals surface area contributed by atoms with Crippen LogP contribution in [0.25, 0.3) is 6.08 Å². The number of amides is 4. The molecule has 0 aliphatic carbocycles. The maximum Gasteiger partial charge on any atom is 0.335 e. The summed E-state index contributed by atoms with van der Waals surface area (Å²) in [6, 6.07) is 9.66. The quantitative estimate of drug-likeness (QED) is 0.583. The summed E-state index contributed by atoms with van der Waals surface area (Å²) in [5, 5.41) is 2.60. The lowest BCUT2D eigenvalue weighted by Gasteiger charge is -2.27. The van der Waals surface area contributed by atoms with Crippen LogP contribution in [0.1, 0.15) is 30.0 Å². The van der Waals surface area contributed by atoms with E-state index in [-0.39, 0.29) is 5.57 Å². The summed E-state index contributed by atoms with van der Waals surface area (Å²) in [7, 11) is 0. The standard InChI is InChI=1S/C22H21ClN2O4/c1-4-9-29-19-8-7-15(12-17(19)23)11-16-20(26)24-22(28)25(21(16)27)18-10-13(2)5-6-14(18)3/h5-8,10-12H,4,9H2,1-3H3,(H,24,26,28)/b16-11+. The smallest absolute Gasteiger partial charge is 0.335 e. The van der Waals surface area contributed by atoms with Gasteiger partial charge in [0.25, 0.3) is 11.8 Å². The van der Waals surface area contributed by atoms with E-state index in [0.717, 1.165) is 22.4 Å². The molecule has 29 heavy (non-hydrogen) atoms. The van der Waals surface area contributed by atoms with E-state index in [1.165, 1.54) is 6.08 Å². The van der Waals surface area contributed by atoms with Gasteiger partial charge in [0.15, 0.2) is 0 Å². The zero-order chi connectivity index (χ0) is 21.1. The maximum atomic E-state index is 13.0. The predicted octanol–water partition coefficient (Wildman–Crippen LogP) is 4.41. The predicted molar refractivity (Wildman–Crippen MR) is 112 cm³/mol. The fourth-order valence-electron chi connectivity index (χ4n) is 2.94. The van der Waals surface area contributed by atoms with Gasteiger partial charge in [0, 0.05) is 0 Å². The summed E-state index contributed by atoms with van der Waals surface area (Å²) in [5.41, 5.74) is 2.47. The van der Waals surface area contributed by atoms with E-state index in [2.05, 4.69) is 5.32 Å². The Bertz CT molecular complexity index is 1030. The van der Waals surface area contributed by atoms with Crippen LogP contribution in [-0.2, 0) is 9.59 Å². The van der Waals surface area contributed by atoms with E-state index in [4.69, 9.17) is 16.3 Å². The van der Waals surface area contributed by atoms with E-state index in [0.29, 0.717) is 28.6 Å². The van der Waals surface area contributed by atoms with Crippen molar-refractivity contribution in [3.8, 4) is 5.75 Å². The highest BCUT2D eigenvalue weighted by molar-refractivity contribution is 6.39. The van der Waals surface area contributed by atoms with Crippen LogP contribution < -0.4 is 15.0 Å². The summed E-state index contributed by atoms with van der Waals surface area (Å²) in [6.45, 7) is 6.18. The Labute approximate surface area is 174 Å². The SMILES string of the molecule is CCCOc1ccc(/C=C2\C(=O)NC(=O)N(c3cc(C)ccc3C)C2=O)cc1Cl. The molecule has 0 spiro atoms.